The zero-order chi connectivity index (χ0) is 12.4. The van der Waals surface area contributed by atoms with Crippen LogP contribution in [0.3, 0.4) is 0 Å². The maximum Gasteiger partial charge on any atom is 0.139 e. The molecule has 4 nitrogen and oxygen atoms in total. The summed E-state index contributed by atoms with van der Waals surface area (Å²) in [5.74, 6) is 1.77. The summed E-state index contributed by atoms with van der Waals surface area (Å²) in [5.41, 5.74) is 7.34. The zero-order valence-corrected chi connectivity index (χ0v) is 10.5. The molecule has 0 saturated heterocycles. The number of nitrogens with two attached hydrogens (primary N) is 1. The van der Waals surface area contributed by atoms with Crippen LogP contribution in [0.4, 0.5) is 5.82 Å². The van der Waals surface area contributed by atoms with Crippen LogP contribution in [-0.2, 0) is 0 Å². The lowest BCUT2D eigenvalue weighted by atomic mass is 10.2. The van der Waals surface area contributed by atoms with Crippen molar-refractivity contribution >= 4 is 11.7 Å². The Balaban J connectivity index is 2.31. The van der Waals surface area contributed by atoms with E-state index < -0.39 is 0 Å². The maximum absolute atomic E-state index is 7.62. The van der Waals surface area contributed by atoms with Gasteiger partial charge in [0.25, 0.3) is 0 Å². The summed E-state index contributed by atoms with van der Waals surface area (Å²) in [6.07, 6.45) is 2.63. The first-order chi connectivity index (χ1) is 8.11. The van der Waals surface area contributed by atoms with Gasteiger partial charge in [-0.25, -0.2) is 4.98 Å². The molecular formula is C13H20N4. The van der Waals surface area contributed by atoms with Crippen molar-refractivity contribution in [2.75, 3.05) is 18.0 Å². The summed E-state index contributed by atoms with van der Waals surface area (Å²) in [6.45, 7) is 6.04. The Kier molecular flexibility index (Phi) is 3.31. The van der Waals surface area contributed by atoms with Crippen molar-refractivity contribution in [1.29, 1.82) is 5.41 Å². The fraction of sp³-hybridized carbons (Fsp3) is 0.538. The predicted octanol–water partition coefficient (Wildman–Crippen LogP) is 1.91. The van der Waals surface area contributed by atoms with Gasteiger partial charge in [0.2, 0.25) is 0 Å². The highest BCUT2D eigenvalue weighted by atomic mass is 15.2. The quantitative estimate of drug-likeness (QED) is 0.602. The Morgan fingerprint density at radius 3 is 2.76 bits per heavy atom. The Morgan fingerprint density at radius 1 is 1.53 bits per heavy atom. The highest BCUT2D eigenvalue weighted by Crippen LogP contribution is 2.31. The molecule has 1 fully saturated rings. The molecule has 4 heteroatoms. The third-order valence-electron chi connectivity index (χ3n) is 3.16. The largest absolute Gasteiger partial charge is 0.384 e. The Bertz CT molecular complexity index is 423. The van der Waals surface area contributed by atoms with Crippen LogP contribution in [0.5, 0.6) is 0 Å². The third-order valence-corrected chi connectivity index (χ3v) is 3.16. The molecular weight excluding hydrogens is 212 g/mol. The minimum absolute atomic E-state index is 0.0988. The lowest BCUT2D eigenvalue weighted by Gasteiger charge is -2.24. The summed E-state index contributed by atoms with van der Waals surface area (Å²) in [4.78, 5) is 6.79. The van der Waals surface area contributed by atoms with Crippen LogP contribution < -0.4 is 10.6 Å². The van der Waals surface area contributed by atoms with Crippen molar-refractivity contribution in [3.63, 3.8) is 0 Å². The number of pyridine rings is 1. The molecule has 17 heavy (non-hydrogen) atoms. The normalized spacial score (nSPS) is 14.7. The molecule has 0 aliphatic heterocycles. The molecule has 0 unspecified atom stereocenters. The van der Waals surface area contributed by atoms with Crippen LogP contribution in [0.15, 0.2) is 12.1 Å². The topological polar surface area (TPSA) is 66.0 Å². The van der Waals surface area contributed by atoms with Crippen LogP contribution in [0, 0.1) is 18.3 Å². The van der Waals surface area contributed by atoms with E-state index in [1.807, 2.05) is 19.1 Å². The second kappa shape index (κ2) is 4.73. The van der Waals surface area contributed by atoms with Crippen molar-refractivity contribution in [1.82, 2.24) is 4.98 Å². The van der Waals surface area contributed by atoms with Crippen LogP contribution in [0.2, 0.25) is 0 Å². The molecule has 0 radical (unpaired) electrons. The van der Waals surface area contributed by atoms with Crippen LogP contribution in [-0.4, -0.2) is 23.9 Å². The van der Waals surface area contributed by atoms with E-state index in [0.717, 1.165) is 36.1 Å². The molecule has 92 valence electrons. The van der Waals surface area contributed by atoms with E-state index in [1.54, 1.807) is 0 Å². The maximum atomic E-state index is 7.62. The summed E-state index contributed by atoms with van der Waals surface area (Å²) >= 11 is 0. The minimum atomic E-state index is 0.0988. The molecule has 0 bridgehead atoms. The molecule has 1 aromatic rings. The van der Waals surface area contributed by atoms with Gasteiger partial charge in [0, 0.05) is 18.8 Å². The number of rotatable bonds is 5. The minimum Gasteiger partial charge on any atom is -0.384 e. The van der Waals surface area contributed by atoms with Crippen molar-refractivity contribution in [2.24, 2.45) is 11.7 Å². The fourth-order valence-corrected chi connectivity index (χ4v) is 1.97. The van der Waals surface area contributed by atoms with Gasteiger partial charge in [-0.1, -0.05) is 0 Å². The Hall–Kier alpha value is -1.58. The van der Waals surface area contributed by atoms with Gasteiger partial charge in [0.15, 0.2) is 0 Å². The second-order valence-corrected chi connectivity index (χ2v) is 4.72. The molecule has 1 saturated carbocycles. The first-order valence-electron chi connectivity index (χ1n) is 6.18. The lowest BCUT2D eigenvalue weighted by molar-refractivity contribution is 0.730. The summed E-state index contributed by atoms with van der Waals surface area (Å²) in [5, 5.41) is 7.62. The summed E-state index contributed by atoms with van der Waals surface area (Å²) in [7, 11) is 0. The predicted molar refractivity (Wildman–Crippen MR) is 70.6 cm³/mol. The number of aryl methyl sites for hydroxylation is 1. The molecule has 2 rings (SSSR count). The van der Waals surface area contributed by atoms with Crippen LogP contribution in [0.25, 0.3) is 0 Å². The van der Waals surface area contributed by atoms with Gasteiger partial charge >= 0.3 is 0 Å². The van der Waals surface area contributed by atoms with Gasteiger partial charge in [0.05, 0.1) is 5.56 Å². The van der Waals surface area contributed by atoms with E-state index in [0.29, 0.717) is 0 Å². The summed E-state index contributed by atoms with van der Waals surface area (Å²) in [6, 6.07) is 3.81. The Labute approximate surface area is 102 Å². The number of nitrogens with one attached hydrogen (secondary N) is 1. The molecule has 1 aromatic heterocycles. The molecule has 0 spiro atoms. The zero-order valence-electron chi connectivity index (χ0n) is 10.5. The van der Waals surface area contributed by atoms with E-state index in [4.69, 9.17) is 11.1 Å². The number of nitrogen functional groups attached to an aromatic ring is 1. The number of hydrogen-bond acceptors (Lipinski definition) is 3. The monoisotopic (exact) mass is 232 g/mol. The van der Waals surface area contributed by atoms with Gasteiger partial charge in [-0.15, -0.1) is 0 Å². The van der Waals surface area contributed by atoms with Crippen LogP contribution in [0.1, 0.15) is 31.0 Å². The van der Waals surface area contributed by atoms with Crippen molar-refractivity contribution in [3.8, 4) is 0 Å². The molecule has 0 amide bonds. The molecule has 1 aliphatic rings. The van der Waals surface area contributed by atoms with Gasteiger partial charge in [0.1, 0.15) is 11.7 Å². The van der Waals surface area contributed by atoms with E-state index in [1.165, 1.54) is 12.8 Å². The van der Waals surface area contributed by atoms with Crippen LogP contribution >= 0.6 is 0 Å². The van der Waals surface area contributed by atoms with Gasteiger partial charge in [-0.05, 0) is 44.7 Å². The Morgan fingerprint density at radius 2 is 2.24 bits per heavy atom. The number of amidine groups is 1. The molecule has 3 N–H and O–H groups in total. The van der Waals surface area contributed by atoms with E-state index in [-0.39, 0.29) is 5.84 Å². The van der Waals surface area contributed by atoms with Crippen molar-refractivity contribution in [2.45, 2.75) is 26.7 Å². The lowest BCUT2D eigenvalue weighted by Crippen LogP contribution is -2.29. The SMILES string of the molecule is CCN(CC1CC1)c1nc(C)ccc1C(=N)N. The summed E-state index contributed by atoms with van der Waals surface area (Å²) < 4.78 is 0. The smallest absolute Gasteiger partial charge is 0.139 e. The molecule has 0 atom stereocenters. The third kappa shape index (κ3) is 2.75. The number of hydrogen-bond donors (Lipinski definition) is 2. The first kappa shape index (κ1) is 11.9. The van der Waals surface area contributed by atoms with E-state index >= 15 is 0 Å². The van der Waals surface area contributed by atoms with E-state index in [2.05, 4.69) is 16.8 Å². The highest BCUT2D eigenvalue weighted by molar-refractivity contribution is 5.99. The van der Waals surface area contributed by atoms with Gasteiger partial charge in [-0.3, -0.25) is 5.41 Å². The van der Waals surface area contributed by atoms with E-state index in [9.17, 15) is 0 Å². The fourth-order valence-electron chi connectivity index (χ4n) is 1.97. The highest BCUT2D eigenvalue weighted by Gasteiger charge is 2.25. The van der Waals surface area contributed by atoms with Gasteiger partial charge < -0.3 is 10.6 Å². The number of aromatic nitrogens is 1. The van der Waals surface area contributed by atoms with Gasteiger partial charge in [-0.2, -0.15) is 0 Å². The standard InChI is InChI=1S/C13H20N4/c1-3-17(8-10-5-6-10)13-11(12(14)15)7-4-9(2)16-13/h4,7,10H,3,5-6,8H2,1-2H3,(H3,14,15). The molecule has 1 aliphatic carbocycles. The molecule has 1 heterocycles. The first-order valence-corrected chi connectivity index (χ1v) is 6.18. The average Bonchev–Trinajstić information content (AvgIpc) is 3.09. The number of nitrogens with zero attached hydrogens (tertiary/aromatic N) is 2. The van der Waals surface area contributed by atoms with Crippen molar-refractivity contribution < 1.29 is 0 Å². The van der Waals surface area contributed by atoms with Crippen molar-refractivity contribution in [3.05, 3.63) is 23.4 Å². The average molecular weight is 232 g/mol. The second-order valence-electron chi connectivity index (χ2n) is 4.72. The molecule has 0 aromatic carbocycles. The number of anilines is 1.